The molecule has 1 saturated carbocycles. The van der Waals surface area contributed by atoms with Gasteiger partial charge in [0.2, 0.25) is 0 Å². The van der Waals surface area contributed by atoms with E-state index in [0.717, 1.165) is 5.25 Å². The number of hydrogen-bond acceptors (Lipinski definition) is 1. The Hall–Kier alpha value is -0.000000000000000111. The lowest BCUT2D eigenvalue weighted by atomic mass is 10.0. The molecular weight excluding hydrogens is 274 g/mol. The minimum absolute atomic E-state index is 0.0909. The summed E-state index contributed by atoms with van der Waals surface area (Å²) in [7, 11) is 0.0909. The second-order valence-electron chi connectivity index (χ2n) is 4.76. The van der Waals surface area contributed by atoms with E-state index in [2.05, 4.69) is 28.8 Å². The van der Waals surface area contributed by atoms with E-state index in [1.54, 1.807) is 0 Å². The van der Waals surface area contributed by atoms with E-state index in [-0.39, 0.29) is 10.7 Å². The summed E-state index contributed by atoms with van der Waals surface area (Å²) in [6.07, 6.45) is 6.79. The van der Waals surface area contributed by atoms with Gasteiger partial charge in [-0.2, -0.15) is 0 Å². The van der Waals surface area contributed by atoms with Gasteiger partial charge in [0.1, 0.15) is 5.03 Å². The van der Waals surface area contributed by atoms with Crippen LogP contribution in [0.4, 0.5) is 0 Å². The first-order valence-electron chi connectivity index (χ1n) is 6.24. The zero-order valence-corrected chi connectivity index (χ0v) is 12.8. The fourth-order valence-corrected chi connectivity index (χ4v) is 5.49. The van der Waals surface area contributed by atoms with Crippen LogP contribution in [0.2, 0.25) is 0 Å². The van der Waals surface area contributed by atoms with Crippen molar-refractivity contribution in [3.63, 3.8) is 0 Å². The molecular formula is C11H21ClN3S2+. The highest BCUT2D eigenvalue weighted by atomic mass is 35.5. The first kappa shape index (κ1) is 13.4. The SMILES string of the molecule is CC(C)Sc1c[s+](C2CCCCC2)[nH]n(Cl)[nH]1. The number of aromatic nitrogens is 3. The monoisotopic (exact) mass is 294 g/mol. The van der Waals surface area contributed by atoms with Crippen LogP contribution in [0.5, 0.6) is 0 Å². The van der Waals surface area contributed by atoms with Crippen LogP contribution in [0.15, 0.2) is 10.4 Å². The summed E-state index contributed by atoms with van der Waals surface area (Å²) in [6.45, 7) is 4.40. The second-order valence-corrected chi connectivity index (χ2v) is 8.55. The van der Waals surface area contributed by atoms with E-state index < -0.39 is 0 Å². The van der Waals surface area contributed by atoms with Gasteiger partial charge in [-0.1, -0.05) is 40.8 Å². The molecule has 1 aromatic heterocycles. The molecule has 0 saturated heterocycles. The molecule has 1 aromatic rings. The number of halogens is 1. The van der Waals surface area contributed by atoms with Gasteiger partial charge in [-0.25, -0.2) is 0 Å². The molecule has 2 rings (SSSR count). The first-order chi connectivity index (χ1) is 8.15. The van der Waals surface area contributed by atoms with Gasteiger partial charge in [0, 0.05) is 18.1 Å². The van der Waals surface area contributed by atoms with Gasteiger partial charge in [0.05, 0.1) is 22.4 Å². The highest BCUT2D eigenvalue weighted by molar-refractivity contribution is 7.99. The average Bonchev–Trinajstić information content (AvgIpc) is 2.28. The van der Waals surface area contributed by atoms with Gasteiger partial charge in [0.15, 0.2) is 10.6 Å². The van der Waals surface area contributed by atoms with Gasteiger partial charge < -0.3 is 0 Å². The Morgan fingerprint density at radius 1 is 1.41 bits per heavy atom. The lowest BCUT2D eigenvalue weighted by Gasteiger charge is -2.16. The summed E-state index contributed by atoms with van der Waals surface area (Å²) in [5.74, 6) is 0. The predicted octanol–water partition coefficient (Wildman–Crippen LogP) is 5.03. The van der Waals surface area contributed by atoms with Gasteiger partial charge in [-0.3, -0.25) is 5.10 Å². The largest absolute Gasteiger partial charge is 0.254 e. The van der Waals surface area contributed by atoms with Crippen LogP contribution in [-0.4, -0.2) is 19.2 Å². The molecule has 0 bridgehead atoms. The molecule has 3 nitrogen and oxygen atoms in total. The zero-order chi connectivity index (χ0) is 12.3. The highest BCUT2D eigenvalue weighted by Crippen LogP contribution is 2.40. The molecule has 1 aliphatic rings. The maximum atomic E-state index is 6.07. The van der Waals surface area contributed by atoms with E-state index in [9.17, 15) is 0 Å². The first-order valence-corrected chi connectivity index (χ1v) is 8.81. The van der Waals surface area contributed by atoms with Gasteiger partial charge >= 0.3 is 0 Å². The third-order valence-corrected chi connectivity index (χ3v) is 6.33. The van der Waals surface area contributed by atoms with Crippen LogP contribution in [0.25, 0.3) is 0 Å². The normalized spacial score (nSPS) is 18.7. The van der Waals surface area contributed by atoms with E-state index in [0.29, 0.717) is 5.25 Å². The minimum Gasteiger partial charge on any atom is -0.254 e. The van der Waals surface area contributed by atoms with Crippen molar-refractivity contribution < 1.29 is 0 Å². The lowest BCUT2D eigenvalue weighted by molar-refractivity contribution is 0.484. The van der Waals surface area contributed by atoms with Crippen LogP contribution in [0.1, 0.15) is 51.2 Å². The van der Waals surface area contributed by atoms with Crippen molar-refractivity contribution in [3.8, 4) is 0 Å². The van der Waals surface area contributed by atoms with Gasteiger partial charge in [0.25, 0.3) is 0 Å². The van der Waals surface area contributed by atoms with Gasteiger partial charge in [-0.05, 0) is 12.8 Å². The Morgan fingerprint density at radius 3 is 2.76 bits per heavy atom. The smallest absolute Gasteiger partial charge is 0.193 e. The molecule has 2 N–H and O–H groups in total. The topological polar surface area (TPSA) is 36.5 Å². The number of thioether (sulfide) groups is 1. The number of hydrogen-bond donors (Lipinski definition) is 2. The predicted molar refractivity (Wildman–Crippen MR) is 77.6 cm³/mol. The molecule has 0 amide bonds. The third kappa shape index (κ3) is 4.00. The van der Waals surface area contributed by atoms with Crippen LogP contribution in [0, 0.1) is 0 Å². The van der Waals surface area contributed by atoms with Crippen molar-refractivity contribution in [3.05, 3.63) is 5.38 Å². The van der Waals surface area contributed by atoms with E-state index in [4.69, 9.17) is 11.8 Å². The van der Waals surface area contributed by atoms with E-state index >= 15 is 0 Å². The molecule has 6 heteroatoms. The molecule has 1 aliphatic carbocycles. The van der Waals surface area contributed by atoms with Crippen molar-refractivity contribution in [2.24, 2.45) is 0 Å². The molecule has 98 valence electrons. The standard InChI is InChI=1S/C11H21ClN3S2/c1-9(2)16-11-8-17(14-15(12)13-11)10-6-4-3-5-7-10/h8-10,13-14H,3-7H2,1-2H3/q+1. The van der Waals surface area contributed by atoms with Crippen LogP contribution in [-0.2, 0) is 0 Å². The molecule has 0 radical (unpaired) electrons. The molecule has 0 aromatic carbocycles. The fraction of sp³-hybridized carbons (Fsp3) is 0.818. The van der Waals surface area contributed by atoms with Crippen LogP contribution >= 0.6 is 34.2 Å². The molecule has 1 unspecified atom stereocenters. The number of nitrogens with one attached hydrogen (secondary N) is 2. The molecule has 1 fully saturated rings. The van der Waals surface area contributed by atoms with Crippen LogP contribution in [0.3, 0.4) is 0 Å². The Balaban J connectivity index is 2.18. The van der Waals surface area contributed by atoms with Crippen LogP contribution < -0.4 is 0 Å². The van der Waals surface area contributed by atoms with Gasteiger partial charge in [-0.15, -0.1) is 0 Å². The van der Waals surface area contributed by atoms with Crippen molar-refractivity contribution >= 4 is 34.2 Å². The third-order valence-electron chi connectivity index (χ3n) is 2.90. The maximum Gasteiger partial charge on any atom is 0.193 e. The molecule has 1 atom stereocenters. The quantitative estimate of drug-likeness (QED) is 0.595. The molecule has 0 aliphatic heterocycles. The van der Waals surface area contributed by atoms with E-state index in [1.165, 1.54) is 41.4 Å². The lowest BCUT2D eigenvalue weighted by Crippen LogP contribution is -2.05. The highest BCUT2D eigenvalue weighted by Gasteiger charge is 2.25. The number of rotatable bonds is 3. The summed E-state index contributed by atoms with van der Waals surface area (Å²) in [6, 6.07) is 0. The number of aromatic amines is 2. The summed E-state index contributed by atoms with van der Waals surface area (Å²) in [5, 5.41) is 7.99. The summed E-state index contributed by atoms with van der Waals surface area (Å²) < 4.78 is 4.82. The van der Waals surface area contributed by atoms with Crippen molar-refractivity contribution in [1.82, 2.24) is 13.9 Å². The number of nitrogens with zero attached hydrogens (tertiary/aromatic N) is 1. The Kier molecular flexibility index (Phi) is 4.94. The van der Waals surface area contributed by atoms with Crippen molar-refractivity contribution in [2.75, 3.05) is 0 Å². The zero-order valence-electron chi connectivity index (χ0n) is 10.4. The summed E-state index contributed by atoms with van der Waals surface area (Å²) in [4.78, 5) is 0. The Bertz CT molecular complexity index is 381. The number of H-pyrrole nitrogens is 2. The fourth-order valence-electron chi connectivity index (χ4n) is 2.18. The van der Waals surface area contributed by atoms with E-state index in [1.807, 2.05) is 11.8 Å². The minimum atomic E-state index is 0.0909. The Morgan fingerprint density at radius 2 is 2.12 bits per heavy atom. The molecule has 1 heterocycles. The summed E-state index contributed by atoms with van der Waals surface area (Å²) in [5.41, 5.74) is 0. The maximum absolute atomic E-state index is 6.07. The average molecular weight is 295 g/mol. The Labute approximate surface area is 115 Å². The molecule has 0 spiro atoms. The second kappa shape index (κ2) is 6.25. The van der Waals surface area contributed by atoms with Crippen molar-refractivity contribution in [1.29, 1.82) is 0 Å². The molecule has 17 heavy (non-hydrogen) atoms. The summed E-state index contributed by atoms with van der Waals surface area (Å²) >= 11 is 7.91. The van der Waals surface area contributed by atoms with Crippen molar-refractivity contribution in [2.45, 2.75) is 61.5 Å².